The van der Waals surface area contributed by atoms with E-state index in [-0.39, 0.29) is 0 Å². The summed E-state index contributed by atoms with van der Waals surface area (Å²) in [4.78, 5) is 2.34. The molecule has 0 fully saturated rings. The van der Waals surface area contributed by atoms with E-state index in [9.17, 15) is 0 Å². The minimum atomic E-state index is 0.871. The molecule has 0 N–H and O–H groups in total. The summed E-state index contributed by atoms with van der Waals surface area (Å²) in [5.41, 5.74) is 17.1. The van der Waals surface area contributed by atoms with Gasteiger partial charge in [-0.05, 0) is 127 Å². The number of fused-ring (bicyclic) bond motifs is 2. The first-order chi connectivity index (χ1) is 30.7. The fraction of sp³-hybridized carbons (Fsp3) is 0. The maximum Gasteiger partial charge on any atom is 0.135 e. The molecule has 62 heavy (non-hydrogen) atoms. The van der Waals surface area contributed by atoms with Crippen molar-refractivity contribution in [2.45, 2.75) is 0 Å². The van der Waals surface area contributed by atoms with Gasteiger partial charge in [0.15, 0.2) is 0 Å². The lowest BCUT2D eigenvalue weighted by atomic mass is 9.95. The minimum absolute atomic E-state index is 0.871. The van der Waals surface area contributed by atoms with Crippen LogP contribution in [0.15, 0.2) is 253 Å². The Morgan fingerprint density at radius 3 is 1.26 bits per heavy atom. The van der Waals surface area contributed by atoms with Crippen molar-refractivity contribution >= 4 is 38.8 Å². The van der Waals surface area contributed by atoms with Gasteiger partial charge in [-0.25, -0.2) is 0 Å². The van der Waals surface area contributed by atoms with Gasteiger partial charge in [0.25, 0.3) is 0 Å². The average Bonchev–Trinajstić information content (AvgIpc) is 3.80. The molecule has 0 radical (unpaired) electrons. The Labute approximate surface area is 362 Å². The summed E-state index contributed by atoms with van der Waals surface area (Å²) >= 11 is 0. The van der Waals surface area contributed by atoms with Gasteiger partial charge in [-0.1, -0.05) is 188 Å². The smallest absolute Gasteiger partial charge is 0.135 e. The zero-order chi connectivity index (χ0) is 41.2. The van der Waals surface area contributed by atoms with E-state index in [2.05, 4.69) is 235 Å². The number of hydrogen-bond donors (Lipinski definition) is 0. The van der Waals surface area contributed by atoms with Crippen LogP contribution in [-0.2, 0) is 0 Å². The van der Waals surface area contributed by atoms with Crippen molar-refractivity contribution in [3.8, 4) is 67.0 Å². The summed E-state index contributed by atoms with van der Waals surface area (Å²) in [6, 6.07) is 89.0. The topological polar surface area (TPSA) is 16.4 Å². The normalized spacial score (nSPS) is 11.2. The zero-order valence-corrected chi connectivity index (χ0v) is 34.0. The van der Waals surface area contributed by atoms with Crippen molar-refractivity contribution in [3.05, 3.63) is 249 Å². The van der Waals surface area contributed by atoms with E-state index >= 15 is 0 Å². The predicted molar refractivity (Wildman–Crippen MR) is 261 cm³/mol. The van der Waals surface area contributed by atoms with Gasteiger partial charge < -0.3 is 9.32 Å². The van der Waals surface area contributed by atoms with Crippen LogP contribution in [0.4, 0.5) is 17.1 Å². The SMILES string of the molecule is c1ccc(-c2ccc(-c3ccc(N(c4ccc(-c5cccc(-c6cc7ccccc7o6)c5)cc4)c4ccc(-c5cccc(-c6cccc7ccccc67)c5)cc4)cc3)cc2)cc1. The monoisotopic (exact) mass is 791 g/mol. The van der Waals surface area contributed by atoms with Crippen LogP contribution in [-0.4, -0.2) is 0 Å². The molecular weight excluding hydrogens is 751 g/mol. The van der Waals surface area contributed by atoms with E-state index in [0.29, 0.717) is 0 Å². The summed E-state index contributed by atoms with van der Waals surface area (Å²) in [7, 11) is 0. The average molecular weight is 792 g/mol. The van der Waals surface area contributed by atoms with Crippen LogP contribution in [0.5, 0.6) is 0 Å². The molecule has 11 aromatic rings. The Hall–Kier alpha value is -8.20. The number of hydrogen-bond acceptors (Lipinski definition) is 2. The van der Waals surface area contributed by atoms with Crippen molar-refractivity contribution in [1.29, 1.82) is 0 Å². The summed E-state index contributed by atoms with van der Waals surface area (Å²) in [6.45, 7) is 0. The molecule has 292 valence electrons. The van der Waals surface area contributed by atoms with Crippen molar-refractivity contribution < 1.29 is 4.42 Å². The molecule has 0 spiro atoms. The van der Waals surface area contributed by atoms with Gasteiger partial charge in [-0.15, -0.1) is 0 Å². The molecule has 0 atom stereocenters. The molecule has 0 aliphatic rings. The number of benzene rings is 10. The fourth-order valence-electron chi connectivity index (χ4n) is 8.66. The van der Waals surface area contributed by atoms with E-state index in [1.807, 2.05) is 18.2 Å². The van der Waals surface area contributed by atoms with Crippen LogP contribution in [0, 0.1) is 0 Å². The van der Waals surface area contributed by atoms with Crippen molar-refractivity contribution in [1.82, 2.24) is 0 Å². The van der Waals surface area contributed by atoms with E-state index < -0.39 is 0 Å². The van der Waals surface area contributed by atoms with Gasteiger partial charge in [0.2, 0.25) is 0 Å². The van der Waals surface area contributed by atoms with Crippen molar-refractivity contribution in [2.75, 3.05) is 4.90 Å². The summed E-state index contributed by atoms with van der Waals surface area (Å²) < 4.78 is 6.22. The molecule has 0 unspecified atom stereocenters. The highest BCUT2D eigenvalue weighted by molar-refractivity contribution is 5.97. The molecule has 0 saturated heterocycles. The van der Waals surface area contributed by atoms with Gasteiger partial charge in [0, 0.05) is 28.0 Å². The molecule has 2 nitrogen and oxygen atoms in total. The molecule has 0 bridgehead atoms. The lowest BCUT2D eigenvalue weighted by Crippen LogP contribution is -2.09. The minimum Gasteiger partial charge on any atom is -0.456 e. The Balaban J connectivity index is 0.925. The molecule has 0 aliphatic carbocycles. The maximum atomic E-state index is 6.22. The van der Waals surface area contributed by atoms with Crippen LogP contribution in [0.3, 0.4) is 0 Å². The number of nitrogens with zero attached hydrogens (tertiary/aromatic N) is 1. The number of para-hydroxylation sites is 1. The summed E-state index contributed by atoms with van der Waals surface area (Å²) in [5, 5.41) is 3.62. The number of anilines is 3. The second kappa shape index (κ2) is 16.1. The Kier molecular flexibility index (Phi) is 9.57. The first-order valence-corrected chi connectivity index (χ1v) is 21.1. The highest BCUT2D eigenvalue weighted by Crippen LogP contribution is 2.39. The van der Waals surface area contributed by atoms with Gasteiger partial charge in [-0.2, -0.15) is 0 Å². The maximum absolute atomic E-state index is 6.22. The van der Waals surface area contributed by atoms with Crippen LogP contribution < -0.4 is 4.90 Å². The van der Waals surface area contributed by atoms with Crippen molar-refractivity contribution in [2.24, 2.45) is 0 Å². The summed E-state index contributed by atoms with van der Waals surface area (Å²) in [5.74, 6) is 0.871. The van der Waals surface area contributed by atoms with E-state index in [0.717, 1.165) is 50.5 Å². The number of furan rings is 1. The van der Waals surface area contributed by atoms with Crippen LogP contribution >= 0.6 is 0 Å². The van der Waals surface area contributed by atoms with Gasteiger partial charge in [0.1, 0.15) is 11.3 Å². The predicted octanol–water partition coefficient (Wildman–Crippen LogP) is 17.1. The third-order valence-corrected chi connectivity index (χ3v) is 11.9. The van der Waals surface area contributed by atoms with E-state index in [1.165, 1.54) is 55.3 Å². The van der Waals surface area contributed by atoms with Gasteiger partial charge in [-0.3, -0.25) is 0 Å². The molecule has 11 rings (SSSR count). The van der Waals surface area contributed by atoms with Crippen LogP contribution in [0.1, 0.15) is 0 Å². The second-order valence-corrected chi connectivity index (χ2v) is 15.8. The highest BCUT2D eigenvalue weighted by Gasteiger charge is 2.15. The molecule has 2 heteroatoms. The van der Waals surface area contributed by atoms with E-state index in [4.69, 9.17) is 4.42 Å². The molecule has 0 saturated carbocycles. The largest absolute Gasteiger partial charge is 0.456 e. The Morgan fingerprint density at radius 1 is 0.258 bits per heavy atom. The second-order valence-electron chi connectivity index (χ2n) is 15.8. The molecule has 0 aliphatic heterocycles. The molecule has 1 heterocycles. The third kappa shape index (κ3) is 7.25. The lowest BCUT2D eigenvalue weighted by Gasteiger charge is -2.26. The Morgan fingerprint density at radius 2 is 0.661 bits per heavy atom. The first kappa shape index (κ1) is 36.8. The lowest BCUT2D eigenvalue weighted by molar-refractivity contribution is 0.631. The quantitative estimate of drug-likeness (QED) is 0.145. The molecule has 10 aromatic carbocycles. The van der Waals surface area contributed by atoms with Gasteiger partial charge in [0.05, 0.1) is 0 Å². The molecule has 0 amide bonds. The molecule has 1 aromatic heterocycles. The fourth-order valence-corrected chi connectivity index (χ4v) is 8.66. The summed E-state index contributed by atoms with van der Waals surface area (Å²) in [6.07, 6.45) is 0. The van der Waals surface area contributed by atoms with Crippen LogP contribution in [0.25, 0.3) is 88.7 Å². The molecular formula is C60H41NO. The standard InChI is InChI=1S/C60H41NO/c1-2-11-42(12-3-1)43-23-25-44(26-24-43)45-27-33-54(34-28-45)61(56-37-31-47(32-38-56)50-17-9-19-52(40-50)60-41-53-14-5-7-22-59(53)62-60)55-35-29-46(30-36-55)49-16-8-18-51(39-49)58-21-10-15-48-13-4-6-20-57(48)58/h1-41H. The van der Waals surface area contributed by atoms with Crippen molar-refractivity contribution in [3.63, 3.8) is 0 Å². The van der Waals surface area contributed by atoms with Crippen LogP contribution in [0.2, 0.25) is 0 Å². The Bertz CT molecular complexity index is 3270. The first-order valence-electron chi connectivity index (χ1n) is 21.1. The van der Waals surface area contributed by atoms with E-state index in [1.54, 1.807) is 0 Å². The highest BCUT2D eigenvalue weighted by atomic mass is 16.3. The van der Waals surface area contributed by atoms with Gasteiger partial charge >= 0.3 is 0 Å². The third-order valence-electron chi connectivity index (χ3n) is 11.9. The zero-order valence-electron chi connectivity index (χ0n) is 34.0. The number of rotatable bonds is 9.